The Bertz CT molecular complexity index is 1450. The van der Waals surface area contributed by atoms with Gasteiger partial charge in [0.15, 0.2) is 9.84 Å². The Morgan fingerprint density at radius 3 is 2.31 bits per heavy atom. The van der Waals surface area contributed by atoms with E-state index in [2.05, 4.69) is 10.3 Å². The zero-order chi connectivity index (χ0) is 27.1. The third-order valence-corrected chi connectivity index (χ3v) is 9.29. The molecule has 0 aliphatic rings. The second kappa shape index (κ2) is 9.78. The summed E-state index contributed by atoms with van der Waals surface area (Å²) < 4.78 is 86.6. The Hall–Kier alpha value is -3.04. The van der Waals surface area contributed by atoms with Gasteiger partial charge in [0.1, 0.15) is 18.7 Å². The van der Waals surface area contributed by atoms with Crippen LogP contribution in [-0.4, -0.2) is 39.1 Å². The summed E-state index contributed by atoms with van der Waals surface area (Å²) in [5.41, 5.74) is 4.36. The highest BCUT2D eigenvalue weighted by Gasteiger charge is 2.37. The number of methoxy groups -OCH3 is 1. The Balaban J connectivity index is 2.41. The monoisotopic (exact) mass is 541 g/mol. The summed E-state index contributed by atoms with van der Waals surface area (Å²) in [7, 11) is -5.33. The van der Waals surface area contributed by atoms with E-state index in [0.29, 0.717) is 11.5 Å². The SMILES string of the molecule is COc1ccc(P(C)(C)=O)cc1-c1c(N)ncc(C(F)(F)F)c1Nc1ccccc1S(=O)(=O)C(C)C. The zero-order valence-corrected chi connectivity index (χ0v) is 22.1. The number of hydrogen-bond donors (Lipinski definition) is 2. The molecular formula is C24H27F3N3O4PS. The van der Waals surface area contributed by atoms with E-state index in [1.54, 1.807) is 6.07 Å². The minimum Gasteiger partial charge on any atom is -0.496 e. The number of anilines is 3. The standard InChI is InChI=1S/C24H27F3N3O4PS/c1-14(2)36(32,33)20-9-7-6-8-18(20)30-22-17(24(25,26)27)13-29-23(28)21(22)16-12-15(35(4,5)31)10-11-19(16)34-3/h6-14H,1-5H3,(H3,28,29,30). The molecule has 0 unspecified atom stereocenters. The van der Waals surface area contributed by atoms with E-state index >= 15 is 0 Å². The summed E-state index contributed by atoms with van der Waals surface area (Å²) in [6.45, 7) is 6.01. The van der Waals surface area contributed by atoms with Crippen LogP contribution in [-0.2, 0) is 20.6 Å². The van der Waals surface area contributed by atoms with Gasteiger partial charge in [0.2, 0.25) is 0 Å². The number of nitrogens with zero attached hydrogens (tertiary/aromatic N) is 1. The molecule has 0 saturated carbocycles. The molecule has 0 fully saturated rings. The molecule has 1 heterocycles. The van der Waals surface area contributed by atoms with Crippen LogP contribution in [0.15, 0.2) is 53.6 Å². The Morgan fingerprint density at radius 1 is 1.11 bits per heavy atom. The second-order valence-corrected chi connectivity index (χ2v) is 14.4. The van der Waals surface area contributed by atoms with Crippen molar-refractivity contribution in [1.82, 2.24) is 4.98 Å². The Morgan fingerprint density at radius 2 is 1.75 bits per heavy atom. The van der Waals surface area contributed by atoms with Crippen molar-refractivity contribution in [3.05, 3.63) is 54.2 Å². The highest BCUT2D eigenvalue weighted by molar-refractivity contribution is 7.92. The summed E-state index contributed by atoms with van der Waals surface area (Å²) in [6, 6.07) is 10.2. The van der Waals surface area contributed by atoms with Gasteiger partial charge >= 0.3 is 6.18 Å². The number of ether oxygens (including phenoxy) is 1. The number of hydrogen-bond acceptors (Lipinski definition) is 7. The molecule has 12 heteroatoms. The van der Waals surface area contributed by atoms with Gasteiger partial charge in [-0.1, -0.05) is 12.1 Å². The van der Waals surface area contributed by atoms with Gasteiger partial charge in [0.05, 0.1) is 39.8 Å². The number of rotatable bonds is 7. The fourth-order valence-electron chi connectivity index (χ4n) is 3.58. The van der Waals surface area contributed by atoms with Crippen LogP contribution < -0.4 is 21.1 Å². The van der Waals surface area contributed by atoms with Crippen LogP contribution >= 0.6 is 7.14 Å². The number of benzene rings is 2. The van der Waals surface area contributed by atoms with Gasteiger partial charge in [-0.2, -0.15) is 13.2 Å². The van der Waals surface area contributed by atoms with Crippen molar-refractivity contribution in [2.24, 2.45) is 0 Å². The predicted molar refractivity (Wildman–Crippen MR) is 137 cm³/mol. The molecule has 36 heavy (non-hydrogen) atoms. The van der Waals surface area contributed by atoms with E-state index in [-0.39, 0.29) is 33.3 Å². The summed E-state index contributed by atoms with van der Waals surface area (Å²) in [5.74, 6) is -0.0849. The number of sulfone groups is 1. The maximum absolute atomic E-state index is 14.2. The van der Waals surface area contributed by atoms with Crippen molar-refractivity contribution < 1.29 is 30.9 Å². The van der Waals surface area contributed by atoms with Crippen molar-refractivity contribution >= 4 is 39.5 Å². The molecule has 1 aromatic heterocycles. The van der Waals surface area contributed by atoms with Crippen molar-refractivity contribution in [3.63, 3.8) is 0 Å². The van der Waals surface area contributed by atoms with Gasteiger partial charge in [-0.05, 0) is 57.5 Å². The molecule has 0 saturated heterocycles. The number of nitrogen functional groups attached to an aromatic ring is 1. The zero-order valence-electron chi connectivity index (χ0n) is 20.3. The first-order valence-corrected chi connectivity index (χ1v) is 14.9. The molecule has 0 spiro atoms. The molecular weight excluding hydrogens is 514 g/mol. The summed E-state index contributed by atoms with van der Waals surface area (Å²) in [4.78, 5) is 3.60. The molecule has 0 aliphatic heterocycles. The Kier molecular flexibility index (Phi) is 7.49. The van der Waals surface area contributed by atoms with Crippen LogP contribution in [0.3, 0.4) is 0 Å². The number of halogens is 3. The molecule has 3 N–H and O–H groups in total. The van der Waals surface area contributed by atoms with E-state index in [9.17, 15) is 26.2 Å². The number of pyridine rings is 1. The maximum Gasteiger partial charge on any atom is 0.419 e. The van der Waals surface area contributed by atoms with E-state index in [1.807, 2.05) is 0 Å². The van der Waals surface area contributed by atoms with Crippen LogP contribution in [0.4, 0.5) is 30.4 Å². The first kappa shape index (κ1) is 27.5. The molecule has 0 amide bonds. The third-order valence-electron chi connectivity index (χ3n) is 5.56. The van der Waals surface area contributed by atoms with Crippen LogP contribution in [0.1, 0.15) is 19.4 Å². The van der Waals surface area contributed by atoms with Gasteiger partial charge in [0, 0.05) is 17.1 Å². The lowest BCUT2D eigenvalue weighted by Crippen LogP contribution is -2.17. The third kappa shape index (κ3) is 5.37. The predicted octanol–water partition coefficient (Wildman–Crippen LogP) is 5.53. The number of aromatic nitrogens is 1. The van der Waals surface area contributed by atoms with Crippen molar-refractivity contribution in [2.45, 2.75) is 30.2 Å². The van der Waals surface area contributed by atoms with Crippen molar-refractivity contribution in [2.75, 3.05) is 31.5 Å². The lowest BCUT2D eigenvalue weighted by Gasteiger charge is -2.23. The van der Waals surface area contributed by atoms with Crippen molar-refractivity contribution in [1.29, 1.82) is 0 Å². The van der Waals surface area contributed by atoms with Crippen LogP contribution in [0.5, 0.6) is 5.75 Å². The first-order valence-electron chi connectivity index (χ1n) is 10.8. The minimum atomic E-state index is -4.86. The second-order valence-electron chi connectivity index (χ2n) is 8.76. The average molecular weight is 542 g/mol. The maximum atomic E-state index is 14.2. The number of alkyl halides is 3. The lowest BCUT2D eigenvalue weighted by atomic mass is 10.00. The summed E-state index contributed by atoms with van der Waals surface area (Å²) in [6.07, 6.45) is -4.28. The summed E-state index contributed by atoms with van der Waals surface area (Å²) in [5, 5.41) is 2.26. The quantitative estimate of drug-likeness (QED) is 0.378. The van der Waals surface area contributed by atoms with Crippen LogP contribution in [0.25, 0.3) is 11.1 Å². The van der Waals surface area contributed by atoms with E-state index in [0.717, 1.165) is 0 Å². The molecule has 3 rings (SSSR count). The molecule has 194 valence electrons. The largest absolute Gasteiger partial charge is 0.496 e. The lowest BCUT2D eigenvalue weighted by molar-refractivity contribution is -0.137. The van der Waals surface area contributed by atoms with Crippen LogP contribution in [0.2, 0.25) is 0 Å². The van der Waals surface area contributed by atoms with Gasteiger partial charge in [-0.25, -0.2) is 13.4 Å². The van der Waals surface area contributed by atoms with E-state index in [1.165, 1.54) is 70.7 Å². The fourth-order valence-corrected chi connectivity index (χ4v) is 5.65. The fraction of sp³-hybridized carbons (Fsp3) is 0.292. The van der Waals surface area contributed by atoms with Crippen LogP contribution in [0, 0.1) is 0 Å². The van der Waals surface area contributed by atoms with Crippen molar-refractivity contribution in [3.8, 4) is 16.9 Å². The topological polar surface area (TPSA) is 111 Å². The van der Waals surface area contributed by atoms with Gasteiger partial charge < -0.3 is 20.4 Å². The van der Waals surface area contributed by atoms with E-state index < -0.39 is 39.7 Å². The Labute approximate surface area is 208 Å². The van der Waals surface area contributed by atoms with E-state index in [4.69, 9.17) is 10.5 Å². The molecule has 0 radical (unpaired) electrons. The minimum absolute atomic E-state index is 0.0599. The normalized spacial score (nSPS) is 12.6. The van der Waals surface area contributed by atoms with Gasteiger partial charge in [0.25, 0.3) is 0 Å². The highest BCUT2D eigenvalue weighted by Crippen LogP contribution is 2.47. The number of nitrogens with one attached hydrogen (secondary N) is 1. The molecule has 0 aliphatic carbocycles. The van der Waals surface area contributed by atoms with Gasteiger partial charge in [-0.15, -0.1) is 0 Å². The first-order chi connectivity index (χ1) is 16.6. The molecule has 7 nitrogen and oxygen atoms in total. The summed E-state index contributed by atoms with van der Waals surface area (Å²) >= 11 is 0. The molecule has 0 bridgehead atoms. The smallest absolute Gasteiger partial charge is 0.419 e. The number of nitrogens with two attached hydrogens (primary N) is 1. The average Bonchev–Trinajstić information content (AvgIpc) is 2.77. The molecule has 3 aromatic rings. The molecule has 0 atom stereocenters. The highest BCUT2D eigenvalue weighted by atomic mass is 32.2. The van der Waals surface area contributed by atoms with Gasteiger partial charge in [-0.3, -0.25) is 0 Å². The number of para-hydroxylation sites is 1. The molecule has 2 aromatic carbocycles.